The summed E-state index contributed by atoms with van der Waals surface area (Å²) in [6.07, 6.45) is 6.41. The zero-order valence-electron chi connectivity index (χ0n) is 22.2. The molecule has 6 rings (SSSR count). The van der Waals surface area contributed by atoms with E-state index in [4.69, 9.17) is 0 Å². The van der Waals surface area contributed by atoms with Gasteiger partial charge in [-0.15, -0.1) is 0 Å². The highest BCUT2D eigenvalue weighted by atomic mass is 16.2. The lowest BCUT2D eigenvalue weighted by atomic mass is 9.98. The highest BCUT2D eigenvalue weighted by Gasteiger charge is 2.45. The van der Waals surface area contributed by atoms with Gasteiger partial charge in [-0.1, -0.05) is 12.6 Å². The first-order valence-corrected chi connectivity index (χ1v) is 13.6. The highest BCUT2D eigenvalue weighted by molar-refractivity contribution is 6.25. The van der Waals surface area contributed by atoms with E-state index in [0.717, 1.165) is 36.4 Å². The van der Waals surface area contributed by atoms with Crippen molar-refractivity contribution in [3.8, 4) is 0 Å². The Hall–Kier alpha value is -4.15. The number of allylic oxidation sites excluding steroid dienone is 1. The van der Waals surface area contributed by atoms with Crippen LogP contribution in [-0.4, -0.2) is 79.4 Å². The maximum atomic E-state index is 13.4. The number of amides is 5. The minimum Gasteiger partial charge on any atom is -0.380 e. The molecule has 4 aliphatic heterocycles. The quantitative estimate of drug-likeness (QED) is 0.553. The van der Waals surface area contributed by atoms with Gasteiger partial charge in [-0.25, -0.2) is 4.79 Å². The molecule has 5 heterocycles. The van der Waals surface area contributed by atoms with Crippen molar-refractivity contribution in [3.63, 3.8) is 0 Å². The number of anilines is 1. The van der Waals surface area contributed by atoms with Gasteiger partial charge >= 0.3 is 6.03 Å². The molecule has 0 bridgehead atoms. The van der Waals surface area contributed by atoms with E-state index in [0.29, 0.717) is 41.9 Å². The Morgan fingerprint density at radius 1 is 1.13 bits per heavy atom. The molecule has 4 aliphatic rings. The van der Waals surface area contributed by atoms with Crippen LogP contribution in [-0.2, 0) is 11.3 Å². The number of piperidine rings is 2. The van der Waals surface area contributed by atoms with Crippen LogP contribution >= 0.6 is 0 Å². The van der Waals surface area contributed by atoms with Gasteiger partial charge < -0.3 is 20.4 Å². The van der Waals surface area contributed by atoms with E-state index in [2.05, 4.69) is 22.3 Å². The molecule has 204 valence electrons. The fourth-order valence-electron chi connectivity index (χ4n) is 6.20. The number of rotatable bonds is 6. The number of imide groups is 1. The van der Waals surface area contributed by atoms with Crippen LogP contribution in [0, 0.1) is 0 Å². The summed E-state index contributed by atoms with van der Waals surface area (Å²) in [5.74, 6) is -1.30. The van der Waals surface area contributed by atoms with Crippen molar-refractivity contribution in [2.45, 2.75) is 70.2 Å². The first-order valence-electron chi connectivity index (χ1n) is 13.6. The maximum absolute atomic E-state index is 13.4. The summed E-state index contributed by atoms with van der Waals surface area (Å²) < 4.78 is 1.98. The van der Waals surface area contributed by atoms with Crippen molar-refractivity contribution in [2.24, 2.45) is 0 Å². The van der Waals surface area contributed by atoms with E-state index in [1.807, 2.05) is 34.5 Å². The van der Waals surface area contributed by atoms with Crippen LogP contribution in [0.2, 0.25) is 0 Å². The van der Waals surface area contributed by atoms with Gasteiger partial charge in [0.05, 0.1) is 29.4 Å². The number of nitrogens with one attached hydrogen (secondary N) is 2. The third-order valence-corrected chi connectivity index (χ3v) is 8.30. The minimum atomic E-state index is -0.844. The summed E-state index contributed by atoms with van der Waals surface area (Å²) in [4.78, 5) is 56.7. The lowest BCUT2D eigenvalue weighted by Gasteiger charge is -2.33. The standard InChI is InChI=1S/C28H33N7O4/c1-16(2)33-15-20-11-19(9-10-32(20)28(33)39)34-14-18(13-30-34)12-29-22-6-4-5-21-24(22)27(38)35(26(21)37)23-8-7-17(3)31-25(23)36/h4-6,13-14,16,19-20,23,29H,3,7-12,15H2,1-2H3,(H,31,36). The van der Waals surface area contributed by atoms with E-state index in [1.165, 1.54) is 0 Å². The fraction of sp³-hybridized carbons (Fsp3) is 0.464. The molecular formula is C28H33N7O4. The van der Waals surface area contributed by atoms with Crippen LogP contribution < -0.4 is 10.6 Å². The molecule has 2 N–H and O–H groups in total. The lowest BCUT2D eigenvalue weighted by Crippen LogP contribution is -2.51. The Bertz CT molecular complexity index is 1380. The number of benzene rings is 1. The molecule has 3 atom stereocenters. The van der Waals surface area contributed by atoms with Crippen LogP contribution in [0.5, 0.6) is 0 Å². The van der Waals surface area contributed by atoms with Crippen LogP contribution in [0.15, 0.2) is 42.9 Å². The zero-order chi connectivity index (χ0) is 27.4. The monoisotopic (exact) mass is 531 g/mol. The second-order valence-electron chi connectivity index (χ2n) is 11.1. The molecule has 2 aromatic rings. The summed E-state index contributed by atoms with van der Waals surface area (Å²) in [5.41, 5.74) is 2.68. The Morgan fingerprint density at radius 2 is 1.95 bits per heavy atom. The number of carbonyl (C=O) groups is 4. The van der Waals surface area contributed by atoms with Crippen molar-refractivity contribution < 1.29 is 19.2 Å². The SMILES string of the molecule is C=C1CCC(N2C(=O)c3cccc(NCc4cnn(C5CCN6C(=O)N(C(C)C)CC6C5)c4)c3C2=O)C(=O)N1. The van der Waals surface area contributed by atoms with Crippen LogP contribution in [0.4, 0.5) is 10.5 Å². The van der Waals surface area contributed by atoms with Crippen molar-refractivity contribution in [1.82, 2.24) is 29.8 Å². The first-order chi connectivity index (χ1) is 18.7. The maximum Gasteiger partial charge on any atom is 0.320 e. The Morgan fingerprint density at radius 3 is 2.72 bits per heavy atom. The van der Waals surface area contributed by atoms with Crippen molar-refractivity contribution >= 4 is 29.4 Å². The first kappa shape index (κ1) is 25.1. The van der Waals surface area contributed by atoms with Crippen LogP contribution in [0.3, 0.4) is 0 Å². The molecule has 1 aromatic carbocycles. The zero-order valence-corrected chi connectivity index (χ0v) is 22.2. The van der Waals surface area contributed by atoms with E-state index in [9.17, 15) is 19.2 Å². The summed E-state index contributed by atoms with van der Waals surface area (Å²) >= 11 is 0. The Labute approximate surface area is 226 Å². The summed E-state index contributed by atoms with van der Waals surface area (Å²) in [6.45, 7) is 9.77. The van der Waals surface area contributed by atoms with Crippen LogP contribution in [0.25, 0.3) is 0 Å². The van der Waals surface area contributed by atoms with E-state index in [1.54, 1.807) is 24.4 Å². The van der Waals surface area contributed by atoms with Gasteiger partial charge in [0, 0.05) is 48.8 Å². The average molecular weight is 532 g/mol. The van der Waals surface area contributed by atoms with Crippen molar-refractivity contribution in [2.75, 3.05) is 18.4 Å². The summed E-state index contributed by atoms with van der Waals surface area (Å²) in [6, 6.07) is 5.03. The molecular weight excluding hydrogens is 498 g/mol. The van der Waals surface area contributed by atoms with Gasteiger partial charge in [0.25, 0.3) is 11.8 Å². The molecule has 0 aliphatic carbocycles. The largest absolute Gasteiger partial charge is 0.380 e. The second kappa shape index (κ2) is 9.55. The van der Waals surface area contributed by atoms with Gasteiger partial charge in [-0.2, -0.15) is 5.10 Å². The smallest absolute Gasteiger partial charge is 0.320 e. The molecule has 3 fully saturated rings. The van der Waals surface area contributed by atoms with Gasteiger partial charge in [0.2, 0.25) is 5.91 Å². The second-order valence-corrected chi connectivity index (χ2v) is 11.1. The van der Waals surface area contributed by atoms with Gasteiger partial charge in [-0.05, 0) is 51.7 Å². The molecule has 3 saturated heterocycles. The van der Waals surface area contributed by atoms with Crippen molar-refractivity contribution in [1.29, 1.82) is 0 Å². The topological polar surface area (TPSA) is 120 Å². The molecule has 3 unspecified atom stereocenters. The van der Waals surface area contributed by atoms with Crippen molar-refractivity contribution in [3.05, 3.63) is 59.6 Å². The van der Waals surface area contributed by atoms with E-state index in [-0.39, 0.29) is 30.1 Å². The number of aromatic nitrogens is 2. The molecule has 5 amide bonds. The molecule has 0 spiro atoms. The van der Waals surface area contributed by atoms with Crippen LogP contribution in [0.1, 0.15) is 71.9 Å². The number of nitrogens with zero attached hydrogens (tertiary/aromatic N) is 5. The third kappa shape index (κ3) is 4.25. The predicted molar refractivity (Wildman–Crippen MR) is 143 cm³/mol. The molecule has 1 aromatic heterocycles. The molecule has 11 heteroatoms. The fourth-order valence-corrected chi connectivity index (χ4v) is 6.20. The Kier molecular flexibility index (Phi) is 6.16. The molecule has 39 heavy (non-hydrogen) atoms. The third-order valence-electron chi connectivity index (χ3n) is 8.30. The number of hydrogen-bond donors (Lipinski definition) is 2. The normalized spacial score (nSPS) is 24.9. The average Bonchev–Trinajstić information content (AvgIpc) is 3.59. The molecule has 11 nitrogen and oxygen atoms in total. The number of urea groups is 1. The molecule has 0 saturated carbocycles. The number of hydrogen-bond acceptors (Lipinski definition) is 6. The van der Waals surface area contributed by atoms with E-state index < -0.39 is 17.9 Å². The predicted octanol–water partition coefficient (Wildman–Crippen LogP) is 2.73. The van der Waals surface area contributed by atoms with Gasteiger partial charge in [-0.3, -0.25) is 24.0 Å². The van der Waals surface area contributed by atoms with Gasteiger partial charge in [0.1, 0.15) is 6.04 Å². The summed E-state index contributed by atoms with van der Waals surface area (Å²) in [5, 5.41) is 10.6. The molecule has 0 radical (unpaired) electrons. The number of carbonyl (C=O) groups excluding carboxylic acids is 4. The Balaban J connectivity index is 1.13. The lowest BCUT2D eigenvalue weighted by molar-refractivity contribution is -0.125. The highest BCUT2D eigenvalue weighted by Crippen LogP contribution is 2.34. The summed E-state index contributed by atoms with van der Waals surface area (Å²) in [7, 11) is 0. The van der Waals surface area contributed by atoms with E-state index >= 15 is 0 Å². The van der Waals surface area contributed by atoms with Gasteiger partial charge in [0.15, 0.2) is 0 Å². The number of fused-ring (bicyclic) bond motifs is 2. The minimum absolute atomic E-state index is 0.135.